The third-order valence-corrected chi connectivity index (χ3v) is 3.35. The standard InChI is InChI=1S/C11H17N5O3/c1-12-10-9(16(18)19)11(14-7-13-10)15-4-2-8(6-15)3-5-17/h7-8,17H,2-6H2,1H3,(H,12,13,14). The quantitative estimate of drug-likeness (QED) is 0.595. The van der Waals surface area contributed by atoms with Crippen LogP contribution in [-0.2, 0) is 0 Å². The Balaban J connectivity index is 2.28. The van der Waals surface area contributed by atoms with Gasteiger partial charge in [-0.1, -0.05) is 0 Å². The average molecular weight is 267 g/mol. The fraction of sp³-hybridized carbons (Fsp3) is 0.636. The van der Waals surface area contributed by atoms with E-state index < -0.39 is 4.92 Å². The lowest BCUT2D eigenvalue weighted by Crippen LogP contribution is -2.23. The summed E-state index contributed by atoms with van der Waals surface area (Å²) in [6.45, 7) is 1.54. The van der Waals surface area contributed by atoms with Gasteiger partial charge in [-0.3, -0.25) is 10.1 Å². The number of aromatic nitrogens is 2. The van der Waals surface area contributed by atoms with Gasteiger partial charge >= 0.3 is 5.69 Å². The monoisotopic (exact) mass is 267 g/mol. The van der Waals surface area contributed by atoms with Gasteiger partial charge < -0.3 is 15.3 Å². The first-order valence-corrected chi connectivity index (χ1v) is 6.20. The van der Waals surface area contributed by atoms with Crippen LogP contribution in [0.2, 0.25) is 0 Å². The molecule has 1 atom stereocenters. The van der Waals surface area contributed by atoms with Gasteiger partial charge in [-0.05, 0) is 18.8 Å². The highest BCUT2D eigenvalue weighted by Crippen LogP contribution is 2.34. The predicted molar refractivity (Wildman–Crippen MR) is 70.3 cm³/mol. The number of rotatable bonds is 5. The molecule has 0 spiro atoms. The smallest absolute Gasteiger partial charge is 0.353 e. The molecule has 0 aliphatic carbocycles. The van der Waals surface area contributed by atoms with E-state index in [2.05, 4.69) is 15.3 Å². The summed E-state index contributed by atoms with van der Waals surface area (Å²) in [6.07, 6.45) is 2.96. The van der Waals surface area contributed by atoms with Gasteiger partial charge in [0.2, 0.25) is 11.6 Å². The largest absolute Gasteiger partial charge is 0.396 e. The van der Waals surface area contributed by atoms with Crippen molar-refractivity contribution in [3.8, 4) is 0 Å². The summed E-state index contributed by atoms with van der Waals surface area (Å²) >= 11 is 0. The van der Waals surface area contributed by atoms with Gasteiger partial charge in [0.05, 0.1) is 4.92 Å². The van der Waals surface area contributed by atoms with E-state index in [-0.39, 0.29) is 18.1 Å². The van der Waals surface area contributed by atoms with Crippen molar-refractivity contribution in [1.82, 2.24) is 9.97 Å². The molecular weight excluding hydrogens is 250 g/mol. The van der Waals surface area contributed by atoms with Crippen LogP contribution in [-0.4, -0.2) is 46.7 Å². The van der Waals surface area contributed by atoms with Crippen molar-refractivity contribution in [1.29, 1.82) is 0 Å². The molecule has 8 nitrogen and oxygen atoms in total. The molecule has 1 unspecified atom stereocenters. The molecule has 1 aromatic rings. The van der Waals surface area contributed by atoms with Crippen molar-refractivity contribution in [3.63, 3.8) is 0 Å². The summed E-state index contributed by atoms with van der Waals surface area (Å²) in [5.41, 5.74) is -0.0883. The second kappa shape index (κ2) is 5.79. The summed E-state index contributed by atoms with van der Waals surface area (Å²) in [5, 5.41) is 22.8. The Morgan fingerprint density at radius 1 is 1.63 bits per heavy atom. The highest BCUT2D eigenvalue weighted by atomic mass is 16.6. The number of hydrogen-bond acceptors (Lipinski definition) is 7. The van der Waals surface area contributed by atoms with Crippen LogP contribution >= 0.6 is 0 Å². The molecule has 0 aromatic carbocycles. The van der Waals surface area contributed by atoms with E-state index in [0.29, 0.717) is 31.2 Å². The second-order valence-corrected chi connectivity index (χ2v) is 4.51. The van der Waals surface area contributed by atoms with Crippen LogP contribution in [0.1, 0.15) is 12.8 Å². The first-order valence-electron chi connectivity index (χ1n) is 6.20. The van der Waals surface area contributed by atoms with Crippen LogP contribution in [0.3, 0.4) is 0 Å². The molecule has 8 heteroatoms. The van der Waals surface area contributed by atoms with Crippen LogP contribution in [0, 0.1) is 16.0 Å². The summed E-state index contributed by atoms with van der Waals surface area (Å²) in [7, 11) is 1.59. The minimum absolute atomic E-state index is 0.0883. The van der Waals surface area contributed by atoms with Crippen molar-refractivity contribution in [3.05, 3.63) is 16.4 Å². The van der Waals surface area contributed by atoms with Crippen molar-refractivity contribution in [2.24, 2.45) is 5.92 Å². The van der Waals surface area contributed by atoms with Crippen LogP contribution < -0.4 is 10.2 Å². The first-order chi connectivity index (χ1) is 9.17. The first kappa shape index (κ1) is 13.5. The van der Waals surface area contributed by atoms with Crippen LogP contribution in [0.5, 0.6) is 0 Å². The zero-order valence-corrected chi connectivity index (χ0v) is 10.7. The normalized spacial score (nSPS) is 18.6. The third kappa shape index (κ3) is 2.73. The number of anilines is 2. The van der Waals surface area contributed by atoms with E-state index in [1.165, 1.54) is 6.33 Å². The zero-order chi connectivity index (χ0) is 13.8. The molecular formula is C11H17N5O3. The molecule has 0 amide bonds. The molecule has 104 valence electrons. The summed E-state index contributed by atoms with van der Waals surface area (Å²) in [5.74, 6) is 0.933. The maximum Gasteiger partial charge on any atom is 0.353 e. The van der Waals surface area contributed by atoms with Gasteiger partial charge in [0.25, 0.3) is 0 Å². The SMILES string of the molecule is CNc1ncnc(N2CCC(CCO)C2)c1[N+](=O)[O-]. The van der Waals surface area contributed by atoms with Crippen LogP contribution in [0.4, 0.5) is 17.3 Å². The molecule has 2 N–H and O–H groups in total. The molecule has 1 saturated heterocycles. The molecule has 2 heterocycles. The van der Waals surface area contributed by atoms with Gasteiger partial charge in [-0.25, -0.2) is 9.97 Å². The molecule has 1 aliphatic rings. The molecule has 1 fully saturated rings. The highest BCUT2D eigenvalue weighted by Gasteiger charge is 2.31. The minimum Gasteiger partial charge on any atom is -0.396 e. The molecule has 0 saturated carbocycles. The van der Waals surface area contributed by atoms with E-state index >= 15 is 0 Å². The van der Waals surface area contributed by atoms with Crippen molar-refractivity contribution >= 4 is 17.3 Å². The number of nitrogens with one attached hydrogen (secondary N) is 1. The lowest BCUT2D eigenvalue weighted by molar-refractivity contribution is -0.383. The average Bonchev–Trinajstić information content (AvgIpc) is 2.86. The predicted octanol–water partition coefficient (Wildman–Crippen LogP) is 0.635. The van der Waals surface area contributed by atoms with Crippen LogP contribution in [0.25, 0.3) is 0 Å². The minimum atomic E-state index is -0.458. The van der Waals surface area contributed by atoms with Gasteiger partial charge in [0.15, 0.2) is 0 Å². The van der Waals surface area contributed by atoms with E-state index in [4.69, 9.17) is 5.11 Å². The topological polar surface area (TPSA) is 104 Å². The van der Waals surface area contributed by atoms with Crippen molar-refractivity contribution in [2.45, 2.75) is 12.8 Å². The Bertz CT molecular complexity index is 468. The number of hydrogen-bond donors (Lipinski definition) is 2. The molecule has 1 aromatic heterocycles. The fourth-order valence-electron chi connectivity index (χ4n) is 2.40. The Kier molecular flexibility index (Phi) is 4.10. The van der Waals surface area contributed by atoms with Gasteiger partial charge in [-0.2, -0.15) is 0 Å². The lowest BCUT2D eigenvalue weighted by Gasteiger charge is -2.17. The molecule has 1 aliphatic heterocycles. The fourth-order valence-corrected chi connectivity index (χ4v) is 2.40. The Morgan fingerprint density at radius 2 is 2.42 bits per heavy atom. The Morgan fingerprint density at radius 3 is 3.05 bits per heavy atom. The molecule has 0 radical (unpaired) electrons. The van der Waals surface area contributed by atoms with Crippen molar-refractivity contribution < 1.29 is 10.0 Å². The lowest BCUT2D eigenvalue weighted by atomic mass is 10.1. The Labute approximate surface area is 110 Å². The van der Waals surface area contributed by atoms with E-state index in [0.717, 1.165) is 6.42 Å². The molecule has 2 rings (SSSR count). The van der Waals surface area contributed by atoms with E-state index in [1.54, 1.807) is 7.05 Å². The Hall–Kier alpha value is -1.96. The van der Waals surface area contributed by atoms with Gasteiger partial charge in [-0.15, -0.1) is 0 Å². The summed E-state index contributed by atoms with van der Waals surface area (Å²) in [6, 6.07) is 0. The highest BCUT2D eigenvalue weighted by molar-refractivity contribution is 5.70. The number of aliphatic hydroxyl groups excluding tert-OH is 1. The van der Waals surface area contributed by atoms with E-state index in [9.17, 15) is 10.1 Å². The number of nitro groups is 1. The number of aliphatic hydroxyl groups is 1. The van der Waals surface area contributed by atoms with E-state index in [1.807, 2.05) is 4.90 Å². The number of nitrogens with zero attached hydrogens (tertiary/aromatic N) is 4. The molecule has 19 heavy (non-hydrogen) atoms. The van der Waals surface area contributed by atoms with Crippen molar-refractivity contribution in [2.75, 3.05) is 37.0 Å². The third-order valence-electron chi connectivity index (χ3n) is 3.35. The van der Waals surface area contributed by atoms with Gasteiger partial charge in [0, 0.05) is 26.7 Å². The summed E-state index contributed by atoms with van der Waals surface area (Å²) < 4.78 is 0. The zero-order valence-electron chi connectivity index (χ0n) is 10.7. The maximum absolute atomic E-state index is 11.2. The summed E-state index contributed by atoms with van der Waals surface area (Å²) in [4.78, 5) is 20.5. The second-order valence-electron chi connectivity index (χ2n) is 4.51. The molecule has 0 bridgehead atoms. The van der Waals surface area contributed by atoms with Gasteiger partial charge in [0.1, 0.15) is 6.33 Å². The maximum atomic E-state index is 11.2. The van der Waals surface area contributed by atoms with Crippen LogP contribution in [0.15, 0.2) is 6.33 Å².